The van der Waals surface area contributed by atoms with Gasteiger partial charge >= 0.3 is 0 Å². The third kappa shape index (κ3) is 6.74. The molecule has 0 saturated heterocycles. The minimum absolute atomic E-state index is 0.271. The number of anilines is 1. The fraction of sp³-hybridized carbons (Fsp3) is 0.800. The van der Waals surface area contributed by atoms with Gasteiger partial charge in [0.1, 0.15) is 0 Å². The number of nitrogens with zero attached hydrogens (tertiary/aromatic N) is 2. The van der Waals surface area contributed by atoms with E-state index in [1.54, 1.807) is 18.4 Å². The second-order valence-electron chi connectivity index (χ2n) is 5.32. The van der Waals surface area contributed by atoms with Crippen LogP contribution in [0.2, 0.25) is 0 Å². The molecule has 0 atom stereocenters. The predicted octanol–water partition coefficient (Wildman–Crippen LogP) is 2.65. The Morgan fingerprint density at radius 2 is 2.14 bits per heavy atom. The predicted molar refractivity (Wildman–Crippen MR) is 89.2 cm³/mol. The first-order valence-corrected chi connectivity index (χ1v) is 8.41. The molecule has 0 bridgehead atoms. The van der Waals surface area contributed by atoms with E-state index in [1.807, 2.05) is 0 Å². The maximum atomic E-state index is 5.60. The Kier molecular flexibility index (Phi) is 8.84. The summed E-state index contributed by atoms with van der Waals surface area (Å²) < 4.78 is 10.8. The van der Waals surface area contributed by atoms with Crippen molar-refractivity contribution in [3.05, 3.63) is 10.6 Å². The van der Waals surface area contributed by atoms with Crippen LogP contribution in [0.15, 0.2) is 0 Å². The molecule has 21 heavy (non-hydrogen) atoms. The molecule has 0 amide bonds. The van der Waals surface area contributed by atoms with Crippen LogP contribution >= 0.6 is 11.3 Å². The van der Waals surface area contributed by atoms with Crippen LogP contribution in [-0.2, 0) is 22.6 Å². The maximum absolute atomic E-state index is 5.60. The fourth-order valence-corrected chi connectivity index (χ4v) is 2.84. The largest absolute Gasteiger partial charge is 0.378 e. The van der Waals surface area contributed by atoms with Crippen molar-refractivity contribution in [3.63, 3.8) is 0 Å². The quantitative estimate of drug-likeness (QED) is 0.636. The molecule has 1 aromatic heterocycles. The molecule has 0 fully saturated rings. The maximum Gasteiger partial charge on any atom is 0.185 e. The number of rotatable bonds is 11. The Labute approximate surface area is 132 Å². The van der Waals surface area contributed by atoms with E-state index in [-0.39, 0.29) is 6.10 Å². The summed E-state index contributed by atoms with van der Waals surface area (Å²) in [6.07, 6.45) is 1.41. The van der Waals surface area contributed by atoms with Crippen LogP contribution in [0.5, 0.6) is 0 Å². The van der Waals surface area contributed by atoms with Crippen LogP contribution in [0.3, 0.4) is 0 Å². The van der Waals surface area contributed by atoms with Gasteiger partial charge in [0.15, 0.2) is 5.13 Å². The number of thiazole rings is 1. The standard InChI is InChI=1S/C15H29N3O2S/c1-6-7-16-10-14-13(11-19-5)17-15(21-14)18(4)8-9-20-12(2)3/h12,16H,6-11H2,1-5H3. The Balaban J connectivity index is 2.62. The van der Waals surface area contributed by atoms with Crippen LogP contribution in [0.4, 0.5) is 5.13 Å². The van der Waals surface area contributed by atoms with E-state index in [0.29, 0.717) is 6.61 Å². The van der Waals surface area contributed by atoms with Crippen LogP contribution in [0, 0.1) is 0 Å². The van der Waals surface area contributed by atoms with Crippen LogP contribution in [-0.4, -0.2) is 44.9 Å². The highest BCUT2D eigenvalue weighted by Gasteiger charge is 2.13. The summed E-state index contributed by atoms with van der Waals surface area (Å²) in [5.74, 6) is 0. The van der Waals surface area contributed by atoms with Crippen LogP contribution < -0.4 is 10.2 Å². The molecule has 1 aromatic rings. The average molecular weight is 315 g/mol. The second kappa shape index (κ2) is 10.1. The lowest BCUT2D eigenvalue weighted by Gasteiger charge is -2.16. The summed E-state index contributed by atoms with van der Waals surface area (Å²) in [7, 11) is 3.77. The highest BCUT2D eigenvalue weighted by Crippen LogP contribution is 2.26. The second-order valence-corrected chi connectivity index (χ2v) is 6.38. The van der Waals surface area contributed by atoms with Gasteiger partial charge in [-0.3, -0.25) is 0 Å². The van der Waals surface area contributed by atoms with Crippen molar-refractivity contribution in [1.82, 2.24) is 10.3 Å². The van der Waals surface area contributed by atoms with E-state index in [0.717, 1.165) is 43.5 Å². The first-order chi connectivity index (χ1) is 10.1. The lowest BCUT2D eigenvalue weighted by molar-refractivity contribution is 0.0846. The molecule has 0 unspecified atom stereocenters. The molecule has 0 aliphatic rings. The number of aromatic nitrogens is 1. The van der Waals surface area contributed by atoms with Crippen molar-refractivity contribution >= 4 is 16.5 Å². The third-order valence-electron chi connectivity index (χ3n) is 2.96. The molecule has 0 aromatic carbocycles. The Hall–Kier alpha value is -0.690. The molecule has 0 aliphatic heterocycles. The van der Waals surface area contributed by atoms with Gasteiger partial charge < -0.3 is 19.7 Å². The Morgan fingerprint density at radius 3 is 2.76 bits per heavy atom. The van der Waals surface area contributed by atoms with Gasteiger partial charge in [0, 0.05) is 32.1 Å². The molecule has 122 valence electrons. The van der Waals surface area contributed by atoms with Gasteiger partial charge in [-0.05, 0) is 26.8 Å². The molecule has 5 nitrogen and oxygen atoms in total. The molecule has 0 aliphatic carbocycles. The molecule has 0 saturated carbocycles. The lowest BCUT2D eigenvalue weighted by Crippen LogP contribution is -2.23. The van der Waals surface area contributed by atoms with Crippen LogP contribution in [0.25, 0.3) is 0 Å². The van der Waals surface area contributed by atoms with Gasteiger partial charge in [-0.1, -0.05) is 6.92 Å². The van der Waals surface area contributed by atoms with E-state index in [1.165, 1.54) is 4.88 Å². The van der Waals surface area contributed by atoms with E-state index in [2.05, 4.69) is 38.0 Å². The zero-order valence-electron chi connectivity index (χ0n) is 13.9. The summed E-state index contributed by atoms with van der Waals surface area (Å²) in [5, 5.41) is 4.46. The van der Waals surface area contributed by atoms with E-state index in [4.69, 9.17) is 14.5 Å². The average Bonchev–Trinajstić information content (AvgIpc) is 2.82. The third-order valence-corrected chi connectivity index (χ3v) is 4.18. The first-order valence-electron chi connectivity index (χ1n) is 7.59. The topological polar surface area (TPSA) is 46.6 Å². The molecule has 0 spiro atoms. The number of likely N-dealkylation sites (N-methyl/N-ethyl adjacent to an activating group) is 1. The summed E-state index contributed by atoms with van der Waals surface area (Å²) >= 11 is 1.73. The minimum atomic E-state index is 0.271. The number of nitrogens with one attached hydrogen (secondary N) is 1. The molecule has 1 rings (SSSR count). The van der Waals surface area contributed by atoms with Gasteiger partial charge in [0.2, 0.25) is 0 Å². The van der Waals surface area contributed by atoms with Crippen molar-refractivity contribution < 1.29 is 9.47 Å². The molecule has 0 radical (unpaired) electrons. The molecular weight excluding hydrogens is 286 g/mol. The molecule has 1 heterocycles. The van der Waals surface area contributed by atoms with E-state index < -0.39 is 0 Å². The normalized spacial score (nSPS) is 11.3. The van der Waals surface area contributed by atoms with Gasteiger partial charge in [-0.2, -0.15) is 0 Å². The van der Waals surface area contributed by atoms with E-state index in [9.17, 15) is 0 Å². The van der Waals surface area contributed by atoms with Crippen LogP contribution in [0.1, 0.15) is 37.8 Å². The monoisotopic (exact) mass is 315 g/mol. The zero-order valence-corrected chi connectivity index (χ0v) is 14.8. The number of hydrogen-bond acceptors (Lipinski definition) is 6. The van der Waals surface area contributed by atoms with E-state index >= 15 is 0 Å². The Bertz CT molecular complexity index is 396. The van der Waals surface area contributed by atoms with Crippen molar-refractivity contribution in [2.45, 2.75) is 46.4 Å². The lowest BCUT2D eigenvalue weighted by atomic mass is 10.3. The highest BCUT2D eigenvalue weighted by atomic mass is 32.1. The first kappa shape index (κ1) is 18.4. The highest BCUT2D eigenvalue weighted by molar-refractivity contribution is 7.15. The van der Waals surface area contributed by atoms with Crippen molar-refractivity contribution in [1.29, 1.82) is 0 Å². The van der Waals surface area contributed by atoms with Gasteiger partial charge in [0.25, 0.3) is 0 Å². The molecular formula is C15H29N3O2S. The minimum Gasteiger partial charge on any atom is -0.378 e. The number of methoxy groups -OCH3 is 1. The van der Waals surface area contributed by atoms with Gasteiger partial charge in [0.05, 0.1) is 25.0 Å². The molecule has 1 N–H and O–H groups in total. The molecule has 6 heteroatoms. The Morgan fingerprint density at radius 1 is 1.38 bits per heavy atom. The van der Waals surface area contributed by atoms with Crippen molar-refractivity contribution in [2.24, 2.45) is 0 Å². The van der Waals surface area contributed by atoms with Gasteiger partial charge in [-0.25, -0.2) is 4.98 Å². The fourth-order valence-electron chi connectivity index (χ4n) is 1.82. The van der Waals surface area contributed by atoms with Crippen molar-refractivity contribution in [3.8, 4) is 0 Å². The summed E-state index contributed by atoms with van der Waals surface area (Å²) in [6.45, 7) is 10.3. The number of ether oxygens (including phenoxy) is 2. The summed E-state index contributed by atoms with van der Waals surface area (Å²) in [5.41, 5.74) is 1.04. The number of hydrogen-bond donors (Lipinski definition) is 1. The van der Waals surface area contributed by atoms with Crippen molar-refractivity contribution in [2.75, 3.05) is 38.8 Å². The smallest absolute Gasteiger partial charge is 0.185 e. The summed E-state index contributed by atoms with van der Waals surface area (Å²) in [4.78, 5) is 8.11. The van der Waals surface area contributed by atoms with Gasteiger partial charge in [-0.15, -0.1) is 11.3 Å². The zero-order chi connectivity index (χ0) is 15.7. The summed E-state index contributed by atoms with van der Waals surface area (Å²) in [6, 6.07) is 0. The SMILES string of the molecule is CCCNCc1sc(N(C)CCOC(C)C)nc1COC.